The van der Waals surface area contributed by atoms with Gasteiger partial charge in [0.2, 0.25) is 5.91 Å². The van der Waals surface area contributed by atoms with E-state index in [2.05, 4.69) is 26.5 Å². The molecule has 0 aliphatic rings. The highest BCUT2D eigenvalue weighted by Crippen LogP contribution is 1.81. The van der Waals surface area contributed by atoms with Gasteiger partial charge in [0.05, 0.1) is 6.54 Å². The normalized spacial score (nSPS) is 8.11. The molecule has 0 aliphatic heterocycles. The fraction of sp³-hybridized carbons (Fsp3) is 0.833. The van der Waals surface area contributed by atoms with Crippen molar-refractivity contribution in [3.8, 4) is 0 Å². The van der Waals surface area contributed by atoms with Crippen LogP contribution in [0.5, 0.6) is 0 Å². The average molecular weight is 132 g/mol. The van der Waals surface area contributed by atoms with E-state index in [1.807, 2.05) is 0 Å². The number of nitrogens with two attached hydrogens (primary N) is 2. The molecule has 0 saturated heterocycles. The van der Waals surface area contributed by atoms with E-state index in [1.165, 1.54) is 0 Å². The Morgan fingerprint density at radius 1 is 1.44 bits per heavy atom. The van der Waals surface area contributed by atoms with Gasteiger partial charge in [-0.1, -0.05) is 20.8 Å². The highest BCUT2D eigenvalue weighted by molar-refractivity contribution is 5.75. The topological polar surface area (TPSA) is 69.1 Å². The van der Waals surface area contributed by atoms with Crippen LogP contribution in [-0.2, 0) is 4.79 Å². The van der Waals surface area contributed by atoms with Crippen LogP contribution in [0.15, 0.2) is 0 Å². The summed E-state index contributed by atoms with van der Waals surface area (Å²) in [5.74, 6) is 0.366. The summed E-state index contributed by atoms with van der Waals surface area (Å²) >= 11 is 0. The Bertz CT molecular complexity index is 68.7. The SMILES string of the molecule is CC(C)C.NCC(N)=O. The molecular weight excluding hydrogens is 116 g/mol. The highest BCUT2D eigenvalue weighted by atomic mass is 16.1. The fourth-order valence-electron chi connectivity index (χ4n) is 0. The zero-order valence-electron chi connectivity index (χ0n) is 6.35. The van der Waals surface area contributed by atoms with E-state index >= 15 is 0 Å². The molecule has 0 aliphatic carbocycles. The molecule has 3 nitrogen and oxygen atoms in total. The lowest BCUT2D eigenvalue weighted by molar-refractivity contribution is -0.116. The first kappa shape index (κ1) is 11.3. The third-order valence-electron chi connectivity index (χ3n) is 0.201. The molecule has 0 radical (unpaired) electrons. The quantitative estimate of drug-likeness (QED) is 0.531. The summed E-state index contributed by atoms with van der Waals surface area (Å²) in [7, 11) is 0. The molecular formula is C6H16N2O. The molecule has 0 saturated carbocycles. The molecule has 0 unspecified atom stereocenters. The first-order chi connectivity index (χ1) is 4.00. The Morgan fingerprint density at radius 3 is 1.56 bits per heavy atom. The second-order valence-electron chi connectivity index (χ2n) is 2.40. The van der Waals surface area contributed by atoms with Gasteiger partial charge in [-0.3, -0.25) is 4.79 Å². The number of carbonyl (C=O) groups is 1. The highest BCUT2D eigenvalue weighted by Gasteiger charge is 1.77. The summed E-state index contributed by atoms with van der Waals surface area (Å²) in [6.07, 6.45) is 0. The van der Waals surface area contributed by atoms with Crippen LogP contribution in [0.4, 0.5) is 0 Å². The Labute approximate surface area is 56.4 Å². The fourth-order valence-corrected chi connectivity index (χ4v) is 0. The molecule has 0 aromatic rings. The molecule has 4 N–H and O–H groups in total. The number of hydrogen-bond acceptors (Lipinski definition) is 2. The van der Waals surface area contributed by atoms with Crippen LogP contribution in [-0.4, -0.2) is 12.5 Å². The van der Waals surface area contributed by atoms with Crippen molar-refractivity contribution in [1.82, 2.24) is 0 Å². The van der Waals surface area contributed by atoms with Crippen LogP contribution in [0.25, 0.3) is 0 Å². The lowest BCUT2D eigenvalue weighted by Gasteiger charge is -1.79. The predicted octanol–water partition coefficient (Wildman–Crippen LogP) is 0.0927. The van der Waals surface area contributed by atoms with Gasteiger partial charge in [0.25, 0.3) is 0 Å². The van der Waals surface area contributed by atoms with Crippen LogP contribution >= 0.6 is 0 Å². The van der Waals surface area contributed by atoms with E-state index in [-0.39, 0.29) is 6.54 Å². The molecule has 0 rings (SSSR count). The summed E-state index contributed by atoms with van der Waals surface area (Å²) in [6.45, 7) is 6.44. The van der Waals surface area contributed by atoms with E-state index in [4.69, 9.17) is 5.73 Å². The molecule has 56 valence electrons. The van der Waals surface area contributed by atoms with Crippen molar-refractivity contribution in [3.63, 3.8) is 0 Å². The third-order valence-corrected chi connectivity index (χ3v) is 0.201. The number of primary amides is 1. The van der Waals surface area contributed by atoms with E-state index in [0.29, 0.717) is 0 Å². The zero-order valence-corrected chi connectivity index (χ0v) is 6.35. The van der Waals surface area contributed by atoms with Gasteiger partial charge in [0.1, 0.15) is 0 Å². The van der Waals surface area contributed by atoms with Gasteiger partial charge < -0.3 is 11.5 Å². The minimum absolute atomic E-state index is 0.0556. The number of carbonyl (C=O) groups excluding carboxylic acids is 1. The zero-order chi connectivity index (χ0) is 7.86. The van der Waals surface area contributed by atoms with Crippen molar-refractivity contribution in [2.75, 3.05) is 6.54 Å². The first-order valence-corrected chi connectivity index (χ1v) is 2.99. The number of hydrogen-bond donors (Lipinski definition) is 2. The molecule has 3 heteroatoms. The molecule has 0 bridgehead atoms. The number of amides is 1. The third kappa shape index (κ3) is 107. The van der Waals surface area contributed by atoms with Gasteiger partial charge >= 0.3 is 0 Å². The lowest BCUT2D eigenvalue weighted by Crippen LogP contribution is -2.21. The minimum atomic E-state index is -0.468. The van der Waals surface area contributed by atoms with E-state index in [0.717, 1.165) is 5.92 Å². The largest absolute Gasteiger partial charge is 0.369 e. The molecule has 0 heterocycles. The van der Waals surface area contributed by atoms with Gasteiger partial charge in [-0.15, -0.1) is 0 Å². The summed E-state index contributed by atoms with van der Waals surface area (Å²) in [5.41, 5.74) is 9.22. The van der Waals surface area contributed by atoms with E-state index in [1.54, 1.807) is 0 Å². The molecule has 0 aromatic heterocycles. The first-order valence-electron chi connectivity index (χ1n) is 2.99. The van der Waals surface area contributed by atoms with Crippen molar-refractivity contribution in [3.05, 3.63) is 0 Å². The van der Waals surface area contributed by atoms with Crippen LogP contribution < -0.4 is 11.5 Å². The maximum atomic E-state index is 9.47. The second-order valence-corrected chi connectivity index (χ2v) is 2.40. The van der Waals surface area contributed by atoms with Crippen molar-refractivity contribution < 1.29 is 4.79 Å². The lowest BCUT2D eigenvalue weighted by atomic mass is 10.3. The van der Waals surface area contributed by atoms with Gasteiger partial charge in [0, 0.05) is 0 Å². The van der Waals surface area contributed by atoms with Crippen LogP contribution in [0.1, 0.15) is 20.8 Å². The molecule has 0 spiro atoms. The van der Waals surface area contributed by atoms with Crippen molar-refractivity contribution in [1.29, 1.82) is 0 Å². The maximum absolute atomic E-state index is 9.47. The maximum Gasteiger partial charge on any atom is 0.231 e. The Hall–Kier alpha value is -0.570. The average Bonchev–Trinajstić information content (AvgIpc) is 1.65. The Kier molecular flexibility index (Phi) is 9.29. The van der Waals surface area contributed by atoms with E-state index in [9.17, 15) is 4.79 Å². The Balaban J connectivity index is 0. The van der Waals surface area contributed by atoms with Crippen molar-refractivity contribution >= 4 is 5.91 Å². The van der Waals surface area contributed by atoms with Gasteiger partial charge in [0.15, 0.2) is 0 Å². The molecule has 0 aromatic carbocycles. The molecule has 1 amide bonds. The predicted molar refractivity (Wildman–Crippen MR) is 38.8 cm³/mol. The standard InChI is InChI=1S/C4H10.C2H6N2O/c1-4(2)3;3-1-2(4)5/h4H,1-3H3;1,3H2,(H2,4,5). The summed E-state index contributed by atoms with van der Waals surface area (Å²) < 4.78 is 0. The van der Waals surface area contributed by atoms with Crippen LogP contribution in [0.3, 0.4) is 0 Å². The second kappa shape index (κ2) is 7.43. The van der Waals surface area contributed by atoms with Crippen molar-refractivity contribution in [2.24, 2.45) is 17.4 Å². The number of rotatable bonds is 1. The van der Waals surface area contributed by atoms with E-state index < -0.39 is 5.91 Å². The van der Waals surface area contributed by atoms with Gasteiger partial charge in [-0.25, -0.2) is 0 Å². The Morgan fingerprint density at radius 2 is 1.56 bits per heavy atom. The minimum Gasteiger partial charge on any atom is -0.369 e. The van der Waals surface area contributed by atoms with Crippen LogP contribution in [0.2, 0.25) is 0 Å². The molecule has 0 fully saturated rings. The summed E-state index contributed by atoms with van der Waals surface area (Å²) in [5, 5.41) is 0. The molecule has 0 atom stereocenters. The summed E-state index contributed by atoms with van der Waals surface area (Å²) in [6, 6.07) is 0. The van der Waals surface area contributed by atoms with Crippen molar-refractivity contribution in [2.45, 2.75) is 20.8 Å². The monoisotopic (exact) mass is 132 g/mol. The molecule has 9 heavy (non-hydrogen) atoms. The summed E-state index contributed by atoms with van der Waals surface area (Å²) in [4.78, 5) is 9.47. The van der Waals surface area contributed by atoms with Gasteiger partial charge in [-0.2, -0.15) is 0 Å². The smallest absolute Gasteiger partial charge is 0.231 e. The van der Waals surface area contributed by atoms with Gasteiger partial charge in [-0.05, 0) is 5.92 Å². The van der Waals surface area contributed by atoms with Crippen LogP contribution in [0, 0.1) is 5.92 Å².